The van der Waals surface area contributed by atoms with Crippen LogP contribution in [-0.2, 0) is 16.1 Å². The standard InChI is InChI=1S/C22H28N2O3/c1-4-27-22(26)19-13-20(17-11-9-15(2)10-12-17)24(16(19)3)14-21(25)23-18-7-5-6-8-18/h9-13,18H,4-8,14H2,1-3H3,(H,23,25). The van der Waals surface area contributed by atoms with Gasteiger partial charge in [-0.1, -0.05) is 42.7 Å². The Balaban J connectivity index is 1.92. The second kappa shape index (κ2) is 8.42. The molecule has 0 saturated heterocycles. The number of aryl methyl sites for hydroxylation is 1. The maximum absolute atomic E-state index is 12.6. The maximum Gasteiger partial charge on any atom is 0.339 e. The Hall–Kier alpha value is -2.56. The molecule has 1 saturated carbocycles. The second-order valence-electron chi connectivity index (χ2n) is 7.25. The van der Waals surface area contributed by atoms with E-state index in [1.54, 1.807) is 6.92 Å². The minimum atomic E-state index is -0.349. The van der Waals surface area contributed by atoms with Crippen LogP contribution < -0.4 is 5.32 Å². The van der Waals surface area contributed by atoms with Gasteiger partial charge in [-0.15, -0.1) is 0 Å². The highest BCUT2D eigenvalue weighted by Gasteiger charge is 2.22. The first-order valence-corrected chi connectivity index (χ1v) is 9.73. The summed E-state index contributed by atoms with van der Waals surface area (Å²) in [6.45, 7) is 6.22. The molecule has 0 aliphatic heterocycles. The van der Waals surface area contributed by atoms with Crippen LogP contribution in [0.2, 0.25) is 0 Å². The Morgan fingerprint density at radius 1 is 1.15 bits per heavy atom. The molecule has 5 heteroatoms. The normalized spacial score (nSPS) is 14.3. The van der Waals surface area contributed by atoms with Crippen molar-refractivity contribution in [3.05, 3.63) is 47.2 Å². The monoisotopic (exact) mass is 368 g/mol. The first-order chi connectivity index (χ1) is 13.0. The summed E-state index contributed by atoms with van der Waals surface area (Å²) in [6.07, 6.45) is 4.45. The Kier molecular flexibility index (Phi) is 5.99. The summed E-state index contributed by atoms with van der Waals surface area (Å²) in [7, 11) is 0. The largest absolute Gasteiger partial charge is 0.462 e. The zero-order valence-corrected chi connectivity index (χ0v) is 16.4. The maximum atomic E-state index is 12.6. The number of nitrogens with one attached hydrogen (secondary N) is 1. The quantitative estimate of drug-likeness (QED) is 0.784. The highest BCUT2D eigenvalue weighted by molar-refractivity contribution is 5.93. The average molecular weight is 368 g/mol. The van der Waals surface area contributed by atoms with Crippen molar-refractivity contribution in [1.82, 2.24) is 9.88 Å². The van der Waals surface area contributed by atoms with Gasteiger partial charge in [0.25, 0.3) is 0 Å². The molecule has 3 rings (SSSR count). The molecule has 1 heterocycles. The number of amides is 1. The third kappa shape index (κ3) is 4.41. The van der Waals surface area contributed by atoms with Crippen LogP contribution in [0.1, 0.15) is 54.2 Å². The Bertz CT molecular complexity index is 815. The summed E-state index contributed by atoms with van der Waals surface area (Å²) in [5.41, 5.74) is 4.27. The molecule has 1 aliphatic carbocycles. The van der Waals surface area contributed by atoms with Gasteiger partial charge in [0.1, 0.15) is 6.54 Å². The summed E-state index contributed by atoms with van der Waals surface area (Å²) < 4.78 is 7.11. The number of ether oxygens (including phenoxy) is 1. The molecule has 144 valence electrons. The molecule has 0 spiro atoms. The first kappa shape index (κ1) is 19.2. The van der Waals surface area contributed by atoms with Crippen molar-refractivity contribution in [3.63, 3.8) is 0 Å². The van der Waals surface area contributed by atoms with Crippen LogP contribution >= 0.6 is 0 Å². The van der Waals surface area contributed by atoms with E-state index < -0.39 is 0 Å². The van der Waals surface area contributed by atoms with Crippen LogP contribution in [0.15, 0.2) is 30.3 Å². The number of carbonyl (C=O) groups excluding carboxylic acids is 2. The molecule has 27 heavy (non-hydrogen) atoms. The number of aromatic nitrogens is 1. The van der Waals surface area contributed by atoms with E-state index in [4.69, 9.17) is 4.74 Å². The number of hydrogen-bond donors (Lipinski definition) is 1. The fourth-order valence-corrected chi connectivity index (χ4v) is 3.71. The summed E-state index contributed by atoms with van der Waals surface area (Å²) in [5, 5.41) is 3.13. The van der Waals surface area contributed by atoms with Gasteiger partial charge in [0, 0.05) is 17.4 Å². The van der Waals surface area contributed by atoms with Crippen LogP contribution in [0, 0.1) is 13.8 Å². The minimum Gasteiger partial charge on any atom is -0.462 e. The number of benzene rings is 1. The lowest BCUT2D eigenvalue weighted by Gasteiger charge is -2.15. The SMILES string of the molecule is CCOC(=O)c1cc(-c2ccc(C)cc2)n(CC(=O)NC2CCCC2)c1C. The van der Waals surface area contributed by atoms with Crippen LogP contribution in [-0.4, -0.2) is 29.1 Å². The lowest BCUT2D eigenvalue weighted by Crippen LogP contribution is -2.35. The Morgan fingerprint density at radius 3 is 2.44 bits per heavy atom. The van der Waals surface area contributed by atoms with Crippen molar-refractivity contribution in [3.8, 4) is 11.3 Å². The van der Waals surface area contributed by atoms with E-state index in [1.807, 2.05) is 48.7 Å². The van der Waals surface area contributed by atoms with Crippen molar-refractivity contribution in [1.29, 1.82) is 0 Å². The molecule has 1 aromatic heterocycles. The lowest BCUT2D eigenvalue weighted by atomic mass is 10.1. The van der Waals surface area contributed by atoms with Gasteiger partial charge in [-0.2, -0.15) is 0 Å². The van der Waals surface area contributed by atoms with Gasteiger partial charge in [-0.3, -0.25) is 4.79 Å². The third-order valence-corrected chi connectivity index (χ3v) is 5.23. The summed E-state index contributed by atoms with van der Waals surface area (Å²) in [5.74, 6) is -0.359. The second-order valence-corrected chi connectivity index (χ2v) is 7.25. The van der Waals surface area contributed by atoms with Gasteiger partial charge >= 0.3 is 5.97 Å². The molecule has 5 nitrogen and oxygen atoms in total. The first-order valence-electron chi connectivity index (χ1n) is 9.73. The molecule has 1 aromatic carbocycles. The fraction of sp³-hybridized carbons (Fsp3) is 0.455. The number of rotatable bonds is 6. The number of nitrogens with zero attached hydrogens (tertiary/aromatic N) is 1. The molecular weight excluding hydrogens is 340 g/mol. The number of esters is 1. The third-order valence-electron chi connectivity index (χ3n) is 5.23. The molecule has 1 amide bonds. The van der Waals surface area contributed by atoms with E-state index >= 15 is 0 Å². The zero-order valence-electron chi connectivity index (χ0n) is 16.4. The molecule has 0 unspecified atom stereocenters. The van der Waals surface area contributed by atoms with Crippen LogP contribution in [0.25, 0.3) is 11.3 Å². The number of carbonyl (C=O) groups is 2. The van der Waals surface area contributed by atoms with Crippen LogP contribution in [0.5, 0.6) is 0 Å². The highest BCUT2D eigenvalue weighted by atomic mass is 16.5. The highest BCUT2D eigenvalue weighted by Crippen LogP contribution is 2.27. The van der Waals surface area contributed by atoms with Crippen molar-refractivity contribution >= 4 is 11.9 Å². The number of hydrogen-bond acceptors (Lipinski definition) is 3. The molecule has 0 bridgehead atoms. The molecule has 0 radical (unpaired) electrons. The van der Waals surface area contributed by atoms with Gasteiger partial charge in [0.2, 0.25) is 5.91 Å². The molecule has 2 aromatic rings. The van der Waals surface area contributed by atoms with Gasteiger partial charge in [-0.25, -0.2) is 4.79 Å². The molecule has 1 N–H and O–H groups in total. The lowest BCUT2D eigenvalue weighted by molar-refractivity contribution is -0.122. The summed E-state index contributed by atoms with van der Waals surface area (Å²) in [6, 6.07) is 10.2. The van der Waals surface area contributed by atoms with Crippen molar-refractivity contribution in [2.75, 3.05) is 6.61 Å². The van der Waals surface area contributed by atoms with Crippen molar-refractivity contribution < 1.29 is 14.3 Å². The van der Waals surface area contributed by atoms with E-state index in [9.17, 15) is 9.59 Å². The molecular formula is C22H28N2O3. The van der Waals surface area contributed by atoms with E-state index in [0.29, 0.717) is 12.2 Å². The van der Waals surface area contributed by atoms with E-state index in [1.165, 1.54) is 12.8 Å². The van der Waals surface area contributed by atoms with Crippen molar-refractivity contribution in [2.24, 2.45) is 0 Å². The summed E-state index contributed by atoms with van der Waals surface area (Å²) in [4.78, 5) is 25.0. The van der Waals surface area contributed by atoms with E-state index in [2.05, 4.69) is 5.32 Å². The topological polar surface area (TPSA) is 60.3 Å². The molecule has 1 fully saturated rings. The van der Waals surface area contributed by atoms with Crippen LogP contribution in [0.3, 0.4) is 0 Å². The molecule has 0 atom stereocenters. The van der Waals surface area contributed by atoms with Crippen LogP contribution in [0.4, 0.5) is 0 Å². The van der Waals surface area contributed by atoms with E-state index in [-0.39, 0.29) is 24.5 Å². The van der Waals surface area contributed by atoms with Gasteiger partial charge in [0.05, 0.1) is 12.2 Å². The van der Waals surface area contributed by atoms with E-state index in [0.717, 1.165) is 35.4 Å². The van der Waals surface area contributed by atoms with Crippen molar-refractivity contribution in [2.45, 2.75) is 59.0 Å². The average Bonchev–Trinajstić information content (AvgIpc) is 3.25. The Labute approximate surface area is 160 Å². The predicted octanol–water partition coefficient (Wildman–Crippen LogP) is 4.01. The molecule has 1 aliphatic rings. The minimum absolute atomic E-state index is 0.00984. The van der Waals surface area contributed by atoms with Gasteiger partial charge in [-0.05, 0) is 45.2 Å². The predicted molar refractivity (Wildman–Crippen MR) is 106 cm³/mol. The smallest absolute Gasteiger partial charge is 0.339 e. The van der Waals surface area contributed by atoms with Gasteiger partial charge < -0.3 is 14.6 Å². The van der Waals surface area contributed by atoms with Gasteiger partial charge in [0.15, 0.2) is 0 Å². The zero-order chi connectivity index (χ0) is 19.4. The summed E-state index contributed by atoms with van der Waals surface area (Å²) >= 11 is 0. The Morgan fingerprint density at radius 2 is 1.81 bits per heavy atom. The fourth-order valence-electron chi connectivity index (χ4n) is 3.71.